The number of pyridine rings is 1. The minimum absolute atomic E-state index is 0.396. The first-order valence-electron chi connectivity index (χ1n) is 8.31. The zero-order chi connectivity index (χ0) is 15.3. The van der Waals surface area contributed by atoms with Crippen molar-refractivity contribution < 1.29 is 4.74 Å². The lowest BCUT2D eigenvalue weighted by molar-refractivity contribution is 0.274. The number of nitrogens with zero attached hydrogens (tertiary/aromatic N) is 1. The van der Waals surface area contributed by atoms with Gasteiger partial charge in [-0.2, -0.15) is 0 Å². The van der Waals surface area contributed by atoms with Gasteiger partial charge in [0, 0.05) is 29.6 Å². The number of rotatable bonds is 7. The number of ether oxygens (including phenoxy) is 1. The van der Waals surface area contributed by atoms with E-state index in [0.29, 0.717) is 5.41 Å². The summed E-state index contributed by atoms with van der Waals surface area (Å²) < 4.78 is 5.56. The van der Waals surface area contributed by atoms with Crippen LogP contribution < -0.4 is 10.1 Å². The van der Waals surface area contributed by atoms with Crippen molar-refractivity contribution >= 4 is 0 Å². The predicted molar refractivity (Wildman–Crippen MR) is 88.0 cm³/mol. The van der Waals surface area contributed by atoms with Gasteiger partial charge in [-0.1, -0.05) is 19.8 Å². The maximum absolute atomic E-state index is 5.56. The molecule has 1 N–H and O–H groups in total. The number of nitrogens with one attached hydrogen (secondary N) is 1. The standard InChI is InChI=1S/C18H30N2O/c1-5-10-19-13-18(8-6-7-9-18)11-16-15(3)17(21-4)14(2)12-20-16/h12,19H,5-11,13H2,1-4H3. The van der Waals surface area contributed by atoms with Crippen LogP contribution in [0.3, 0.4) is 0 Å². The second kappa shape index (κ2) is 7.26. The zero-order valence-corrected chi connectivity index (χ0v) is 14.1. The van der Waals surface area contributed by atoms with E-state index in [0.717, 1.165) is 30.8 Å². The minimum Gasteiger partial charge on any atom is -0.496 e. The second-order valence-corrected chi connectivity index (χ2v) is 6.61. The number of aryl methyl sites for hydroxylation is 1. The number of hydrogen-bond donors (Lipinski definition) is 1. The van der Waals surface area contributed by atoms with Gasteiger partial charge in [0.15, 0.2) is 0 Å². The molecule has 0 bridgehead atoms. The maximum atomic E-state index is 5.56. The molecule has 0 saturated heterocycles. The lowest BCUT2D eigenvalue weighted by Gasteiger charge is -2.30. The average Bonchev–Trinajstić information content (AvgIpc) is 2.92. The van der Waals surface area contributed by atoms with Crippen molar-refractivity contribution in [3.63, 3.8) is 0 Å². The van der Waals surface area contributed by atoms with Crippen molar-refractivity contribution in [2.45, 2.75) is 59.3 Å². The largest absolute Gasteiger partial charge is 0.496 e. The van der Waals surface area contributed by atoms with Crippen molar-refractivity contribution in [1.82, 2.24) is 10.3 Å². The summed E-state index contributed by atoms with van der Waals surface area (Å²) in [4.78, 5) is 4.72. The van der Waals surface area contributed by atoms with Crippen LogP contribution in [-0.4, -0.2) is 25.2 Å². The van der Waals surface area contributed by atoms with Crippen molar-refractivity contribution in [2.24, 2.45) is 5.41 Å². The maximum Gasteiger partial charge on any atom is 0.128 e. The Morgan fingerprint density at radius 3 is 2.62 bits per heavy atom. The van der Waals surface area contributed by atoms with Crippen LogP contribution in [-0.2, 0) is 6.42 Å². The molecular weight excluding hydrogens is 260 g/mol. The summed E-state index contributed by atoms with van der Waals surface area (Å²) in [6.45, 7) is 8.68. The van der Waals surface area contributed by atoms with E-state index in [2.05, 4.69) is 26.1 Å². The van der Waals surface area contributed by atoms with Crippen molar-refractivity contribution in [3.8, 4) is 5.75 Å². The first-order chi connectivity index (χ1) is 10.1. The normalized spacial score (nSPS) is 17.1. The molecule has 1 aliphatic carbocycles. The van der Waals surface area contributed by atoms with Gasteiger partial charge in [0.1, 0.15) is 5.75 Å². The Morgan fingerprint density at radius 1 is 1.29 bits per heavy atom. The van der Waals surface area contributed by atoms with Crippen LogP contribution in [0, 0.1) is 19.3 Å². The van der Waals surface area contributed by atoms with E-state index in [1.807, 2.05) is 6.20 Å². The molecule has 1 aliphatic rings. The summed E-state index contributed by atoms with van der Waals surface area (Å²) in [6.07, 6.45) is 9.59. The highest BCUT2D eigenvalue weighted by molar-refractivity contribution is 5.41. The lowest BCUT2D eigenvalue weighted by atomic mass is 9.80. The molecular formula is C18H30N2O. The molecule has 3 nitrogen and oxygen atoms in total. The lowest BCUT2D eigenvalue weighted by Crippen LogP contribution is -2.34. The third kappa shape index (κ3) is 3.76. The molecule has 0 spiro atoms. The molecule has 0 aromatic carbocycles. The van der Waals surface area contributed by atoms with Gasteiger partial charge < -0.3 is 10.1 Å². The third-order valence-electron chi connectivity index (χ3n) is 4.88. The van der Waals surface area contributed by atoms with Gasteiger partial charge in [0.2, 0.25) is 0 Å². The van der Waals surface area contributed by atoms with E-state index in [1.54, 1.807) is 7.11 Å². The highest BCUT2D eigenvalue weighted by atomic mass is 16.5. The quantitative estimate of drug-likeness (QED) is 0.775. The van der Waals surface area contributed by atoms with Crippen LogP contribution in [0.15, 0.2) is 6.20 Å². The Bertz CT molecular complexity index is 465. The van der Waals surface area contributed by atoms with Crippen LogP contribution in [0.4, 0.5) is 0 Å². The van der Waals surface area contributed by atoms with Gasteiger partial charge in [-0.25, -0.2) is 0 Å². The highest BCUT2D eigenvalue weighted by Crippen LogP contribution is 2.41. The Balaban J connectivity index is 2.17. The molecule has 1 heterocycles. The Morgan fingerprint density at radius 2 is 2.00 bits per heavy atom. The van der Waals surface area contributed by atoms with E-state index >= 15 is 0 Å². The second-order valence-electron chi connectivity index (χ2n) is 6.61. The summed E-state index contributed by atoms with van der Waals surface area (Å²) in [5.74, 6) is 1.01. The average molecular weight is 290 g/mol. The molecule has 0 radical (unpaired) electrons. The van der Waals surface area contributed by atoms with E-state index < -0.39 is 0 Å². The molecule has 3 heteroatoms. The van der Waals surface area contributed by atoms with Gasteiger partial charge in [-0.05, 0) is 51.5 Å². The molecule has 0 aliphatic heterocycles. The van der Waals surface area contributed by atoms with Gasteiger partial charge in [0.05, 0.1) is 7.11 Å². The smallest absolute Gasteiger partial charge is 0.128 e. The monoisotopic (exact) mass is 290 g/mol. The molecule has 0 atom stereocenters. The Hall–Kier alpha value is -1.09. The number of hydrogen-bond acceptors (Lipinski definition) is 3. The molecule has 118 valence electrons. The zero-order valence-electron chi connectivity index (χ0n) is 14.1. The van der Waals surface area contributed by atoms with Gasteiger partial charge in [-0.15, -0.1) is 0 Å². The molecule has 0 amide bonds. The van der Waals surface area contributed by atoms with E-state index in [-0.39, 0.29) is 0 Å². The van der Waals surface area contributed by atoms with Gasteiger partial charge >= 0.3 is 0 Å². The highest BCUT2D eigenvalue weighted by Gasteiger charge is 2.34. The van der Waals surface area contributed by atoms with Crippen molar-refractivity contribution in [1.29, 1.82) is 0 Å². The first-order valence-corrected chi connectivity index (χ1v) is 8.31. The molecule has 1 fully saturated rings. The fourth-order valence-electron chi connectivity index (χ4n) is 3.68. The van der Waals surface area contributed by atoms with Gasteiger partial charge in [0.25, 0.3) is 0 Å². The van der Waals surface area contributed by atoms with Crippen LogP contribution in [0.2, 0.25) is 0 Å². The minimum atomic E-state index is 0.396. The van der Waals surface area contributed by atoms with E-state index in [4.69, 9.17) is 9.72 Å². The van der Waals surface area contributed by atoms with Crippen LogP contribution in [0.1, 0.15) is 55.8 Å². The Kier molecular flexibility index (Phi) is 5.63. The van der Waals surface area contributed by atoms with Crippen LogP contribution >= 0.6 is 0 Å². The molecule has 1 aromatic rings. The summed E-state index contributed by atoms with van der Waals surface area (Å²) in [5, 5.41) is 3.64. The number of methoxy groups -OCH3 is 1. The fourth-order valence-corrected chi connectivity index (χ4v) is 3.68. The summed E-state index contributed by atoms with van der Waals surface area (Å²) in [5.41, 5.74) is 3.97. The summed E-state index contributed by atoms with van der Waals surface area (Å²) >= 11 is 0. The van der Waals surface area contributed by atoms with Crippen LogP contribution in [0.5, 0.6) is 5.75 Å². The van der Waals surface area contributed by atoms with E-state index in [9.17, 15) is 0 Å². The van der Waals surface area contributed by atoms with E-state index in [1.165, 1.54) is 43.4 Å². The first kappa shape index (κ1) is 16.3. The van der Waals surface area contributed by atoms with Crippen LogP contribution in [0.25, 0.3) is 0 Å². The summed E-state index contributed by atoms with van der Waals surface area (Å²) in [6, 6.07) is 0. The fraction of sp³-hybridized carbons (Fsp3) is 0.722. The number of aromatic nitrogens is 1. The predicted octanol–water partition coefficient (Wildman–Crippen LogP) is 3.81. The SMILES string of the molecule is CCCNCC1(Cc2ncc(C)c(OC)c2C)CCCC1. The molecule has 2 rings (SSSR count). The van der Waals surface area contributed by atoms with Crippen molar-refractivity contribution in [2.75, 3.05) is 20.2 Å². The molecule has 0 unspecified atom stereocenters. The molecule has 1 saturated carbocycles. The van der Waals surface area contributed by atoms with Gasteiger partial charge in [-0.3, -0.25) is 4.98 Å². The molecule has 1 aromatic heterocycles. The third-order valence-corrected chi connectivity index (χ3v) is 4.88. The van der Waals surface area contributed by atoms with Crippen molar-refractivity contribution in [3.05, 3.63) is 23.0 Å². The Labute approximate surface area is 129 Å². The summed E-state index contributed by atoms with van der Waals surface area (Å²) in [7, 11) is 1.76. The topological polar surface area (TPSA) is 34.2 Å². The molecule has 21 heavy (non-hydrogen) atoms.